The lowest BCUT2D eigenvalue weighted by Crippen LogP contribution is -2.29. The van der Waals surface area contributed by atoms with Crippen LogP contribution in [0.2, 0.25) is 0 Å². The van der Waals surface area contributed by atoms with Crippen molar-refractivity contribution in [1.29, 1.82) is 0 Å². The lowest BCUT2D eigenvalue weighted by Gasteiger charge is -2.15. The highest BCUT2D eigenvalue weighted by atomic mass is 32.1. The predicted octanol–water partition coefficient (Wildman–Crippen LogP) is 3.35. The van der Waals surface area contributed by atoms with Crippen LogP contribution in [-0.2, 0) is 6.42 Å². The van der Waals surface area contributed by atoms with E-state index in [0.717, 1.165) is 11.4 Å². The van der Waals surface area contributed by atoms with Gasteiger partial charge in [-0.05, 0) is 29.7 Å². The summed E-state index contributed by atoms with van der Waals surface area (Å²) in [7, 11) is 0. The van der Waals surface area contributed by atoms with E-state index in [1.54, 1.807) is 11.3 Å². The van der Waals surface area contributed by atoms with Crippen LogP contribution in [0.3, 0.4) is 0 Å². The first-order valence-corrected chi connectivity index (χ1v) is 7.44. The Morgan fingerprint density at radius 2 is 2.00 bits per heavy atom. The number of hydrogen-bond donors (Lipinski definition) is 2. The van der Waals surface area contributed by atoms with Crippen molar-refractivity contribution < 1.29 is 0 Å². The van der Waals surface area contributed by atoms with Gasteiger partial charge in [0.05, 0.1) is 11.0 Å². The Labute approximate surface area is 122 Å². The molecule has 102 valence electrons. The summed E-state index contributed by atoms with van der Waals surface area (Å²) >= 11 is 1.69. The minimum absolute atomic E-state index is 0.104. The van der Waals surface area contributed by atoms with E-state index in [0.29, 0.717) is 0 Å². The van der Waals surface area contributed by atoms with Crippen LogP contribution >= 0.6 is 11.3 Å². The van der Waals surface area contributed by atoms with Gasteiger partial charge in [-0.15, -0.1) is 11.3 Å². The maximum atomic E-state index is 5.73. The molecule has 1 heterocycles. The van der Waals surface area contributed by atoms with Crippen molar-refractivity contribution in [1.82, 2.24) is 10.4 Å². The molecule has 0 amide bonds. The number of thiazole rings is 1. The van der Waals surface area contributed by atoms with Crippen molar-refractivity contribution in [3.05, 3.63) is 64.1 Å². The standard InChI is InChI=1S/C16H17N3S/c1-11-18-10-16(20-11)15(19-17)9-13-7-4-6-12-5-2-3-8-14(12)13/h2-8,10,15,19H,9,17H2,1H3. The van der Waals surface area contributed by atoms with Crippen molar-refractivity contribution >= 4 is 22.1 Å². The van der Waals surface area contributed by atoms with Crippen molar-refractivity contribution in [2.45, 2.75) is 19.4 Å². The maximum Gasteiger partial charge on any atom is 0.0897 e. The summed E-state index contributed by atoms with van der Waals surface area (Å²) in [6, 6.07) is 15.0. The second-order valence-electron chi connectivity index (χ2n) is 4.84. The molecule has 1 atom stereocenters. The highest BCUT2D eigenvalue weighted by Gasteiger charge is 2.14. The molecule has 3 rings (SSSR count). The molecular formula is C16H17N3S. The van der Waals surface area contributed by atoms with E-state index in [2.05, 4.69) is 52.9 Å². The van der Waals surface area contributed by atoms with Gasteiger partial charge in [0.1, 0.15) is 0 Å². The van der Waals surface area contributed by atoms with Gasteiger partial charge in [0.2, 0.25) is 0 Å². The molecule has 0 bridgehead atoms. The third kappa shape index (κ3) is 2.58. The van der Waals surface area contributed by atoms with E-state index in [1.165, 1.54) is 21.2 Å². The number of benzene rings is 2. The van der Waals surface area contributed by atoms with Gasteiger partial charge in [-0.1, -0.05) is 42.5 Å². The van der Waals surface area contributed by atoms with Crippen molar-refractivity contribution in [2.24, 2.45) is 5.84 Å². The Hall–Kier alpha value is -1.75. The third-order valence-electron chi connectivity index (χ3n) is 3.49. The van der Waals surface area contributed by atoms with Crippen LogP contribution in [0.15, 0.2) is 48.7 Å². The van der Waals surface area contributed by atoms with Gasteiger partial charge in [-0.3, -0.25) is 11.3 Å². The molecule has 2 aromatic carbocycles. The molecule has 0 spiro atoms. The number of aromatic nitrogens is 1. The van der Waals surface area contributed by atoms with Gasteiger partial charge in [-0.25, -0.2) is 4.98 Å². The number of nitrogens with two attached hydrogens (primary N) is 1. The number of hydrogen-bond acceptors (Lipinski definition) is 4. The number of nitrogens with zero attached hydrogens (tertiary/aromatic N) is 1. The molecule has 0 aliphatic heterocycles. The van der Waals surface area contributed by atoms with Crippen LogP contribution in [0.5, 0.6) is 0 Å². The first kappa shape index (κ1) is 13.2. The molecule has 0 saturated heterocycles. The minimum atomic E-state index is 0.104. The Bertz CT molecular complexity index is 715. The molecule has 1 unspecified atom stereocenters. The monoisotopic (exact) mass is 283 g/mol. The van der Waals surface area contributed by atoms with Gasteiger partial charge in [0.25, 0.3) is 0 Å². The third-order valence-corrected chi connectivity index (χ3v) is 4.51. The zero-order valence-corrected chi connectivity index (χ0v) is 12.2. The molecule has 4 heteroatoms. The van der Waals surface area contributed by atoms with Gasteiger partial charge in [-0.2, -0.15) is 0 Å². The fraction of sp³-hybridized carbons (Fsp3) is 0.188. The Kier molecular flexibility index (Phi) is 3.78. The van der Waals surface area contributed by atoms with E-state index < -0.39 is 0 Å². The molecule has 1 aromatic heterocycles. The summed E-state index contributed by atoms with van der Waals surface area (Å²) in [6.07, 6.45) is 2.77. The minimum Gasteiger partial charge on any atom is -0.271 e. The van der Waals surface area contributed by atoms with Crippen LogP contribution in [0.1, 0.15) is 21.5 Å². The molecule has 0 radical (unpaired) electrons. The number of rotatable bonds is 4. The molecule has 0 saturated carbocycles. The van der Waals surface area contributed by atoms with Crippen LogP contribution in [0.4, 0.5) is 0 Å². The summed E-state index contributed by atoms with van der Waals surface area (Å²) in [6.45, 7) is 2.01. The number of hydrazine groups is 1. The highest BCUT2D eigenvalue weighted by Crippen LogP contribution is 2.27. The van der Waals surface area contributed by atoms with Crippen LogP contribution in [-0.4, -0.2) is 4.98 Å². The fourth-order valence-corrected chi connectivity index (χ4v) is 3.32. The zero-order valence-electron chi connectivity index (χ0n) is 11.3. The summed E-state index contributed by atoms with van der Waals surface area (Å²) in [5, 5.41) is 3.62. The van der Waals surface area contributed by atoms with E-state index in [-0.39, 0.29) is 6.04 Å². The molecule has 20 heavy (non-hydrogen) atoms. The topological polar surface area (TPSA) is 50.9 Å². The Balaban J connectivity index is 1.95. The molecule has 3 aromatic rings. The molecule has 0 aliphatic carbocycles. The Morgan fingerprint density at radius 1 is 1.20 bits per heavy atom. The zero-order chi connectivity index (χ0) is 13.9. The van der Waals surface area contributed by atoms with Crippen molar-refractivity contribution in [2.75, 3.05) is 0 Å². The maximum absolute atomic E-state index is 5.73. The molecular weight excluding hydrogens is 266 g/mol. The predicted molar refractivity (Wildman–Crippen MR) is 84.6 cm³/mol. The average Bonchev–Trinajstić information content (AvgIpc) is 2.91. The van der Waals surface area contributed by atoms with Gasteiger partial charge in [0, 0.05) is 11.1 Å². The lowest BCUT2D eigenvalue weighted by atomic mass is 9.98. The normalized spacial score (nSPS) is 12.7. The van der Waals surface area contributed by atoms with Crippen LogP contribution < -0.4 is 11.3 Å². The molecule has 0 aliphatic rings. The fourth-order valence-electron chi connectivity index (χ4n) is 2.47. The van der Waals surface area contributed by atoms with E-state index >= 15 is 0 Å². The van der Waals surface area contributed by atoms with Crippen molar-refractivity contribution in [3.8, 4) is 0 Å². The average molecular weight is 283 g/mol. The van der Waals surface area contributed by atoms with Crippen molar-refractivity contribution in [3.63, 3.8) is 0 Å². The second-order valence-corrected chi connectivity index (χ2v) is 6.11. The number of fused-ring (bicyclic) bond motifs is 1. The number of nitrogens with one attached hydrogen (secondary N) is 1. The SMILES string of the molecule is Cc1ncc(C(Cc2cccc3ccccc23)NN)s1. The van der Waals surface area contributed by atoms with E-state index in [4.69, 9.17) is 5.84 Å². The number of aryl methyl sites for hydroxylation is 1. The summed E-state index contributed by atoms with van der Waals surface area (Å²) in [5.74, 6) is 5.73. The quantitative estimate of drug-likeness (QED) is 0.570. The smallest absolute Gasteiger partial charge is 0.0897 e. The summed E-state index contributed by atoms with van der Waals surface area (Å²) in [5.41, 5.74) is 4.22. The van der Waals surface area contributed by atoms with Crippen LogP contribution in [0.25, 0.3) is 10.8 Å². The first-order valence-electron chi connectivity index (χ1n) is 6.63. The van der Waals surface area contributed by atoms with Gasteiger partial charge >= 0.3 is 0 Å². The van der Waals surface area contributed by atoms with Gasteiger partial charge in [0.15, 0.2) is 0 Å². The highest BCUT2D eigenvalue weighted by molar-refractivity contribution is 7.11. The summed E-state index contributed by atoms with van der Waals surface area (Å²) in [4.78, 5) is 5.49. The first-order chi connectivity index (χ1) is 9.78. The summed E-state index contributed by atoms with van der Waals surface area (Å²) < 4.78 is 0. The Morgan fingerprint density at radius 3 is 2.75 bits per heavy atom. The molecule has 3 N–H and O–H groups in total. The molecule has 0 fully saturated rings. The van der Waals surface area contributed by atoms with Gasteiger partial charge < -0.3 is 0 Å². The molecule has 3 nitrogen and oxygen atoms in total. The van der Waals surface area contributed by atoms with Crippen LogP contribution in [0, 0.1) is 6.92 Å². The van der Waals surface area contributed by atoms with E-state index in [9.17, 15) is 0 Å². The second kappa shape index (κ2) is 5.71. The largest absolute Gasteiger partial charge is 0.271 e. The van der Waals surface area contributed by atoms with E-state index in [1.807, 2.05) is 13.1 Å². The lowest BCUT2D eigenvalue weighted by molar-refractivity contribution is 0.561.